The molecule has 0 N–H and O–H groups in total. The van der Waals surface area contributed by atoms with Crippen LogP contribution in [0.2, 0.25) is 0 Å². The molecule has 3 rings (SSSR count). The highest BCUT2D eigenvalue weighted by Gasteiger charge is 2.22. The minimum absolute atomic E-state index is 0.0320. The number of aromatic nitrogens is 2. The topological polar surface area (TPSA) is 99.9 Å². The number of carbonyl (C=O) groups is 2. The van der Waals surface area contributed by atoms with Gasteiger partial charge in [0, 0.05) is 6.92 Å². The maximum Gasteiger partial charge on any atom is 0.303 e. The molecule has 1 atom stereocenters. The van der Waals surface area contributed by atoms with Gasteiger partial charge in [0.15, 0.2) is 6.10 Å². The molecule has 1 amide bonds. The third-order valence-corrected chi connectivity index (χ3v) is 3.55. The van der Waals surface area contributed by atoms with Gasteiger partial charge in [0.1, 0.15) is 11.8 Å². The number of morpholine rings is 1. The zero-order chi connectivity index (χ0) is 17.6. The van der Waals surface area contributed by atoms with Crippen LogP contribution in [-0.4, -0.2) is 43.5 Å². The van der Waals surface area contributed by atoms with E-state index in [2.05, 4.69) is 10.6 Å². The van der Waals surface area contributed by atoms with E-state index in [0.717, 1.165) is 0 Å². The van der Waals surface area contributed by atoms with Gasteiger partial charge in [0.2, 0.25) is 5.27 Å². The second-order valence-electron chi connectivity index (χ2n) is 5.38. The van der Waals surface area contributed by atoms with Gasteiger partial charge >= 0.3 is 5.97 Å². The first kappa shape index (κ1) is 16.9. The SMILES string of the molecule is CC(=O)OC(C(=O)[N-]c1c[n+](N2CCOCC2)no1)c1ccccc1. The van der Waals surface area contributed by atoms with Gasteiger partial charge in [-0.1, -0.05) is 30.3 Å². The first-order valence-corrected chi connectivity index (χ1v) is 7.83. The lowest BCUT2D eigenvalue weighted by Gasteiger charge is -2.23. The van der Waals surface area contributed by atoms with Crippen LogP contribution in [0.4, 0.5) is 5.88 Å². The fourth-order valence-corrected chi connectivity index (χ4v) is 2.39. The van der Waals surface area contributed by atoms with Gasteiger partial charge in [-0.15, -0.1) is 5.01 Å². The van der Waals surface area contributed by atoms with Crippen molar-refractivity contribution < 1.29 is 28.4 Å². The number of hydrogen-bond donors (Lipinski definition) is 0. The molecule has 1 fully saturated rings. The third kappa shape index (κ3) is 4.32. The summed E-state index contributed by atoms with van der Waals surface area (Å²) >= 11 is 0. The molecule has 1 saturated heterocycles. The second-order valence-corrected chi connectivity index (χ2v) is 5.38. The van der Waals surface area contributed by atoms with Crippen molar-refractivity contribution in [3.05, 3.63) is 47.4 Å². The smallest absolute Gasteiger partial charge is 0.303 e. The van der Waals surface area contributed by atoms with E-state index in [0.29, 0.717) is 31.9 Å². The summed E-state index contributed by atoms with van der Waals surface area (Å²) in [5, 5.41) is 9.62. The molecule has 25 heavy (non-hydrogen) atoms. The van der Waals surface area contributed by atoms with Crippen molar-refractivity contribution in [2.75, 3.05) is 31.3 Å². The lowest BCUT2D eigenvalue weighted by Crippen LogP contribution is -2.62. The second kappa shape index (κ2) is 7.75. The molecule has 0 aliphatic carbocycles. The summed E-state index contributed by atoms with van der Waals surface area (Å²) < 4.78 is 15.5. The fraction of sp³-hybridized carbons (Fsp3) is 0.375. The van der Waals surface area contributed by atoms with Gasteiger partial charge in [0.25, 0.3) is 6.20 Å². The molecule has 1 aliphatic heterocycles. The van der Waals surface area contributed by atoms with E-state index in [1.165, 1.54) is 17.9 Å². The number of ether oxygens (including phenoxy) is 2. The first-order chi connectivity index (χ1) is 12.1. The molecule has 0 spiro atoms. The quantitative estimate of drug-likeness (QED) is 0.582. The summed E-state index contributed by atoms with van der Waals surface area (Å²) in [7, 11) is 0. The van der Waals surface area contributed by atoms with Gasteiger partial charge in [-0.2, -0.15) is 0 Å². The molecule has 0 radical (unpaired) electrons. The number of hydrogen-bond acceptors (Lipinski definition) is 7. The van der Waals surface area contributed by atoms with Crippen LogP contribution in [0, 0.1) is 0 Å². The van der Waals surface area contributed by atoms with Crippen LogP contribution in [0.5, 0.6) is 0 Å². The van der Waals surface area contributed by atoms with Crippen LogP contribution < -0.4 is 9.80 Å². The highest BCUT2D eigenvalue weighted by Crippen LogP contribution is 2.26. The van der Waals surface area contributed by atoms with Crippen molar-refractivity contribution in [3.63, 3.8) is 0 Å². The minimum Gasteiger partial charge on any atom is -0.585 e. The van der Waals surface area contributed by atoms with Crippen LogP contribution in [-0.2, 0) is 19.1 Å². The van der Waals surface area contributed by atoms with Gasteiger partial charge in [0.05, 0.1) is 31.1 Å². The average molecular weight is 346 g/mol. The summed E-state index contributed by atoms with van der Waals surface area (Å²) in [6, 6.07) is 8.68. The van der Waals surface area contributed by atoms with Crippen LogP contribution in [0.1, 0.15) is 18.6 Å². The number of benzene rings is 1. The average Bonchev–Trinajstić information content (AvgIpc) is 3.09. The number of amides is 1. The third-order valence-electron chi connectivity index (χ3n) is 3.55. The Kier molecular flexibility index (Phi) is 5.24. The molecule has 0 saturated carbocycles. The zero-order valence-corrected chi connectivity index (χ0v) is 13.7. The Morgan fingerprint density at radius 2 is 2.00 bits per heavy atom. The van der Waals surface area contributed by atoms with E-state index in [9.17, 15) is 9.59 Å². The predicted molar refractivity (Wildman–Crippen MR) is 84.4 cm³/mol. The molecule has 1 aliphatic rings. The minimum atomic E-state index is -1.12. The van der Waals surface area contributed by atoms with E-state index >= 15 is 0 Å². The van der Waals surface area contributed by atoms with E-state index in [1.54, 1.807) is 30.3 Å². The molecule has 132 valence electrons. The van der Waals surface area contributed by atoms with E-state index < -0.39 is 18.0 Å². The maximum atomic E-state index is 12.5. The highest BCUT2D eigenvalue weighted by molar-refractivity contribution is 5.99. The lowest BCUT2D eigenvalue weighted by molar-refractivity contribution is -0.759. The molecule has 0 bridgehead atoms. The molecule has 9 nitrogen and oxygen atoms in total. The van der Waals surface area contributed by atoms with Crippen molar-refractivity contribution in [1.29, 1.82) is 0 Å². The summed E-state index contributed by atoms with van der Waals surface area (Å²) in [6.45, 7) is 3.74. The maximum absolute atomic E-state index is 12.5. The molecule has 1 unspecified atom stereocenters. The van der Waals surface area contributed by atoms with Crippen LogP contribution >= 0.6 is 0 Å². The Morgan fingerprint density at radius 3 is 2.68 bits per heavy atom. The molecule has 1 aromatic heterocycles. The van der Waals surface area contributed by atoms with Crippen molar-refractivity contribution in [1.82, 2.24) is 5.27 Å². The van der Waals surface area contributed by atoms with Crippen LogP contribution in [0.15, 0.2) is 41.1 Å². The van der Waals surface area contributed by atoms with Gasteiger partial charge in [-0.25, -0.2) is 0 Å². The number of rotatable bonds is 5. The largest absolute Gasteiger partial charge is 0.585 e. The number of carbonyl (C=O) groups excluding carboxylic acids is 2. The van der Waals surface area contributed by atoms with Gasteiger partial charge in [-0.3, -0.25) is 4.79 Å². The Balaban J connectivity index is 1.70. The number of esters is 1. The normalized spacial score (nSPS) is 15.5. The van der Waals surface area contributed by atoms with Crippen LogP contribution in [0.25, 0.3) is 5.32 Å². The summed E-state index contributed by atoms with van der Waals surface area (Å²) in [6.07, 6.45) is 0.375. The Labute approximate surface area is 144 Å². The molecular weight excluding hydrogens is 328 g/mol. The van der Waals surface area contributed by atoms with Gasteiger partial charge < -0.3 is 24.1 Å². The molecule has 9 heteroatoms. The van der Waals surface area contributed by atoms with Crippen molar-refractivity contribution in [2.24, 2.45) is 0 Å². The summed E-state index contributed by atoms with van der Waals surface area (Å²) in [5.74, 6) is -1.19. The van der Waals surface area contributed by atoms with Crippen molar-refractivity contribution in [2.45, 2.75) is 13.0 Å². The van der Waals surface area contributed by atoms with Crippen molar-refractivity contribution in [3.8, 4) is 0 Å². The molecule has 2 heterocycles. The molecule has 2 aromatic rings. The number of nitrogens with zero attached hydrogens (tertiary/aromatic N) is 4. The Hall–Kier alpha value is -2.94. The Morgan fingerprint density at radius 1 is 1.28 bits per heavy atom. The first-order valence-electron chi connectivity index (χ1n) is 7.83. The lowest BCUT2D eigenvalue weighted by atomic mass is 10.1. The van der Waals surface area contributed by atoms with E-state index in [4.69, 9.17) is 14.0 Å². The van der Waals surface area contributed by atoms with E-state index in [1.807, 2.05) is 5.01 Å². The predicted octanol–water partition coefficient (Wildman–Crippen LogP) is 0.766. The van der Waals surface area contributed by atoms with E-state index in [-0.39, 0.29) is 5.88 Å². The summed E-state index contributed by atoms with van der Waals surface area (Å²) in [4.78, 5) is 25.3. The molecule has 1 aromatic carbocycles. The standard InChI is InChI=1S/C16H18N4O5/c1-12(21)24-15(13-5-3-2-4-6-13)16(22)17-14-11-20(18-25-14)19-7-9-23-10-8-19/h2-6,11,15H,7-10H2,1H3. The van der Waals surface area contributed by atoms with Crippen molar-refractivity contribution >= 4 is 17.8 Å². The van der Waals surface area contributed by atoms with Crippen LogP contribution in [0.3, 0.4) is 0 Å². The fourth-order valence-electron chi connectivity index (χ4n) is 2.39. The monoisotopic (exact) mass is 346 g/mol. The zero-order valence-electron chi connectivity index (χ0n) is 13.7. The Bertz CT molecular complexity index is 727. The van der Waals surface area contributed by atoms with Gasteiger partial charge in [-0.05, 0) is 5.56 Å². The molecular formula is C16H18N4O5. The summed E-state index contributed by atoms with van der Waals surface area (Å²) in [5.41, 5.74) is 0.534. The highest BCUT2D eigenvalue weighted by atomic mass is 16.5.